The Balaban J connectivity index is 2.14. The number of carbonyl (C=O) groups excluding carboxylic acids is 1. The van der Waals surface area contributed by atoms with Crippen molar-refractivity contribution in [2.24, 2.45) is 5.73 Å². The van der Waals surface area contributed by atoms with Crippen LogP contribution in [0.1, 0.15) is 41.6 Å². The molecule has 2 rings (SSSR count). The maximum Gasteiger partial charge on any atom is 0.289 e. The Morgan fingerprint density at radius 1 is 1.60 bits per heavy atom. The van der Waals surface area contributed by atoms with Crippen molar-refractivity contribution < 1.29 is 13.9 Å². The van der Waals surface area contributed by atoms with Crippen LogP contribution in [-0.4, -0.2) is 43.2 Å². The highest BCUT2D eigenvalue weighted by molar-refractivity contribution is 5.92. The average Bonchev–Trinajstić information content (AvgIpc) is 2.86. The molecule has 0 bridgehead atoms. The molecule has 5 heteroatoms. The quantitative estimate of drug-likeness (QED) is 0.912. The van der Waals surface area contributed by atoms with Crippen LogP contribution >= 0.6 is 0 Å². The van der Waals surface area contributed by atoms with E-state index in [1.165, 1.54) is 0 Å². The molecule has 0 unspecified atom stereocenters. The topological polar surface area (TPSA) is 68.7 Å². The third kappa shape index (κ3) is 2.88. The van der Waals surface area contributed by atoms with Crippen LogP contribution in [0.25, 0.3) is 0 Å². The minimum absolute atomic E-state index is 0.0247. The second-order valence-electron chi connectivity index (χ2n) is 5.34. The van der Waals surface area contributed by atoms with Gasteiger partial charge >= 0.3 is 0 Å². The number of nitrogens with two attached hydrogens (primary N) is 1. The number of piperidine rings is 1. The van der Waals surface area contributed by atoms with Gasteiger partial charge in [-0.3, -0.25) is 4.79 Å². The molecule has 1 fully saturated rings. The van der Waals surface area contributed by atoms with Gasteiger partial charge in [0, 0.05) is 32.7 Å². The van der Waals surface area contributed by atoms with Crippen LogP contribution in [0.5, 0.6) is 0 Å². The molecule has 0 aromatic carbocycles. The van der Waals surface area contributed by atoms with Crippen molar-refractivity contribution in [2.75, 3.05) is 20.2 Å². The molecule has 1 amide bonds. The van der Waals surface area contributed by atoms with Gasteiger partial charge in [-0.15, -0.1) is 0 Å². The zero-order valence-electron chi connectivity index (χ0n) is 12.5. The van der Waals surface area contributed by atoms with Crippen LogP contribution in [0, 0.1) is 6.92 Å². The summed E-state index contributed by atoms with van der Waals surface area (Å²) < 4.78 is 11.0. The number of aryl methyl sites for hydroxylation is 2. The number of ether oxygens (including phenoxy) is 1. The molecule has 2 atom stereocenters. The monoisotopic (exact) mass is 280 g/mol. The van der Waals surface area contributed by atoms with Crippen LogP contribution in [-0.2, 0) is 11.2 Å². The zero-order valence-corrected chi connectivity index (χ0v) is 12.5. The molecule has 0 spiro atoms. The minimum Gasteiger partial charge on any atom is -0.456 e. The van der Waals surface area contributed by atoms with E-state index >= 15 is 0 Å². The van der Waals surface area contributed by atoms with Gasteiger partial charge in [0.1, 0.15) is 5.76 Å². The number of methoxy groups -OCH3 is 1. The lowest BCUT2D eigenvalue weighted by molar-refractivity contribution is 0.0123. The van der Waals surface area contributed by atoms with Crippen LogP contribution < -0.4 is 5.73 Å². The average molecular weight is 280 g/mol. The molecule has 0 radical (unpaired) electrons. The Kier molecular flexibility index (Phi) is 4.83. The van der Waals surface area contributed by atoms with E-state index in [1.807, 2.05) is 24.8 Å². The molecular formula is C15H24N2O3. The lowest BCUT2D eigenvalue weighted by Crippen LogP contribution is -2.51. The summed E-state index contributed by atoms with van der Waals surface area (Å²) in [6.45, 7) is 5.11. The standard InChI is InChI=1S/C15H24N2O3/c1-4-13-10(2)7-14(20-13)15(18)17-6-5-12(19-3)8-11(17)9-16/h7,11-12H,4-6,8-9,16H2,1-3H3/t11-,12-/m0/s1. The third-order valence-corrected chi connectivity index (χ3v) is 4.09. The fraction of sp³-hybridized carbons (Fsp3) is 0.667. The van der Waals surface area contributed by atoms with Gasteiger partial charge in [-0.05, 0) is 31.4 Å². The van der Waals surface area contributed by atoms with Crippen molar-refractivity contribution in [1.82, 2.24) is 4.90 Å². The number of nitrogens with zero attached hydrogens (tertiary/aromatic N) is 1. The van der Waals surface area contributed by atoms with E-state index in [9.17, 15) is 4.79 Å². The molecule has 0 saturated carbocycles. The molecular weight excluding hydrogens is 256 g/mol. The molecule has 1 aliphatic rings. The van der Waals surface area contributed by atoms with Gasteiger partial charge in [0.15, 0.2) is 5.76 Å². The lowest BCUT2D eigenvalue weighted by atomic mass is 9.99. The molecule has 1 saturated heterocycles. The Bertz CT molecular complexity index is 470. The van der Waals surface area contributed by atoms with E-state index in [0.29, 0.717) is 18.8 Å². The maximum absolute atomic E-state index is 12.6. The smallest absolute Gasteiger partial charge is 0.289 e. The van der Waals surface area contributed by atoms with Crippen molar-refractivity contribution in [3.8, 4) is 0 Å². The molecule has 1 aromatic rings. The van der Waals surface area contributed by atoms with Crippen LogP contribution in [0.3, 0.4) is 0 Å². The highest BCUT2D eigenvalue weighted by Crippen LogP contribution is 2.23. The number of hydrogen-bond acceptors (Lipinski definition) is 4. The third-order valence-electron chi connectivity index (χ3n) is 4.09. The molecule has 1 aliphatic heterocycles. The van der Waals surface area contributed by atoms with Gasteiger partial charge < -0.3 is 19.8 Å². The SMILES string of the molecule is CCc1oc(C(=O)N2CC[C@H](OC)C[C@H]2CN)cc1C. The maximum atomic E-state index is 12.6. The summed E-state index contributed by atoms with van der Waals surface area (Å²) in [6, 6.07) is 1.86. The summed E-state index contributed by atoms with van der Waals surface area (Å²) in [4.78, 5) is 14.4. The second kappa shape index (κ2) is 6.41. The molecule has 2 heterocycles. The first-order valence-electron chi connectivity index (χ1n) is 7.23. The molecule has 0 aliphatic carbocycles. The van der Waals surface area contributed by atoms with Gasteiger partial charge in [0.2, 0.25) is 0 Å². The number of carbonyl (C=O) groups is 1. The fourth-order valence-electron chi connectivity index (χ4n) is 2.84. The fourth-order valence-corrected chi connectivity index (χ4v) is 2.84. The van der Waals surface area contributed by atoms with Crippen molar-refractivity contribution in [1.29, 1.82) is 0 Å². The number of furan rings is 1. The predicted molar refractivity (Wildman–Crippen MR) is 76.7 cm³/mol. The van der Waals surface area contributed by atoms with Crippen LogP contribution in [0.4, 0.5) is 0 Å². The van der Waals surface area contributed by atoms with E-state index in [2.05, 4.69) is 0 Å². The number of likely N-dealkylation sites (tertiary alicyclic amines) is 1. The minimum atomic E-state index is -0.0576. The van der Waals surface area contributed by atoms with E-state index in [-0.39, 0.29) is 18.1 Å². The molecule has 112 valence electrons. The van der Waals surface area contributed by atoms with Crippen molar-refractivity contribution >= 4 is 5.91 Å². The van der Waals surface area contributed by atoms with Crippen LogP contribution in [0.15, 0.2) is 10.5 Å². The lowest BCUT2D eigenvalue weighted by Gasteiger charge is -2.38. The van der Waals surface area contributed by atoms with E-state index in [4.69, 9.17) is 14.9 Å². The highest BCUT2D eigenvalue weighted by Gasteiger charge is 2.32. The summed E-state index contributed by atoms with van der Waals surface area (Å²) in [5, 5.41) is 0. The largest absolute Gasteiger partial charge is 0.456 e. The van der Waals surface area contributed by atoms with E-state index in [0.717, 1.165) is 30.6 Å². The van der Waals surface area contributed by atoms with Crippen molar-refractivity contribution in [2.45, 2.75) is 45.3 Å². The summed E-state index contributed by atoms with van der Waals surface area (Å²) >= 11 is 0. The number of rotatable bonds is 4. The van der Waals surface area contributed by atoms with Gasteiger partial charge in [-0.2, -0.15) is 0 Å². The number of amides is 1. The Labute approximate surface area is 120 Å². The van der Waals surface area contributed by atoms with Gasteiger partial charge in [-0.25, -0.2) is 0 Å². The molecule has 20 heavy (non-hydrogen) atoms. The second-order valence-corrected chi connectivity index (χ2v) is 5.34. The van der Waals surface area contributed by atoms with Gasteiger partial charge in [0.25, 0.3) is 5.91 Å². The normalized spacial score (nSPS) is 23.1. The number of hydrogen-bond donors (Lipinski definition) is 1. The summed E-state index contributed by atoms with van der Waals surface area (Å²) in [6.07, 6.45) is 2.63. The summed E-state index contributed by atoms with van der Waals surface area (Å²) in [7, 11) is 1.71. The first-order valence-corrected chi connectivity index (χ1v) is 7.23. The molecule has 2 N–H and O–H groups in total. The van der Waals surface area contributed by atoms with Gasteiger partial charge in [0.05, 0.1) is 6.10 Å². The summed E-state index contributed by atoms with van der Waals surface area (Å²) in [5.41, 5.74) is 6.84. The Hall–Kier alpha value is -1.33. The van der Waals surface area contributed by atoms with Gasteiger partial charge in [-0.1, -0.05) is 6.92 Å². The Morgan fingerprint density at radius 2 is 2.35 bits per heavy atom. The van der Waals surface area contributed by atoms with E-state index < -0.39 is 0 Å². The molecule has 5 nitrogen and oxygen atoms in total. The first kappa shape index (κ1) is 15.1. The van der Waals surface area contributed by atoms with E-state index in [1.54, 1.807) is 7.11 Å². The van der Waals surface area contributed by atoms with Crippen LogP contribution in [0.2, 0.25) is 0 Å². The summed E-state index contributed by atoms with van der Waals surface area (Å²) in [5.74, 6) is 1.25. The van der Waals surface area contributed by atoms with Crippen molar-refractivity contribution in [3.63, 3.8) is 0 Å². The highest BCUT2D eigenvalue weighted by atomic mass is 16.5. The molecule has 1 aromatic heterocycles. The Morgan fingerprint density at radius 3 is 2.90 bits per heavy atom. The predicted octanol–water partition coefficient (Wildman–Crippen LogP) is 1.73. The first-order chi connectivity index (χ1) is 9.60. The zero-order chi connectivity index (χ0) is 14.7. The van der Waals surface area contributed by atoms with Crippen molar-refractivity contribution in [3.05, 3.63) is 23.2 Å².